The molecule has 2 aromatic rings. The molecule has 0 aliphatic heterocycles. The van der Waals surface area contributed by atoms with E-state index >= 15 is 0 Å². The molecule has 2 heteroatoms. The maximum absolute atomic E-state index is 12.8. The van der Waals surface area contributed by atoms with Crippen molar-refractivity contribution in [2.45, 2.75) is 25.2 Å². The minimum Gasteiger partial charge on any atom is -0.497 e. The van der Waals surface area contributed by atoms with E-state index in [0.29, 0.717) is 0 Å². The molecule has 0 N–H and O–H groups in total. The first kappa shape index (κ1) is 14.6. The standard InChI is InChI=1S/C20H20O2/c1-22-18-11-5-7-15(14-18)13-17-10-6-12-19(20(17)21)16-8-3-2-4-9-16/h2-5,7-9,11,13-14,19H,6,10,12H2,1H3/b17-13+/t19-/m0/s1. The second-order valence-corrected chi connectivity index (χ2v) is 5.67. The van der Waals surface area contributed by atoms with E-state index in [1.807, 2.05) is 48.5 Å². The van der Waals surface area contributed by atoms with Crippen LogP contribution in [0, 0.1) is 0 Å². The van der Waals surface area contributed by atoms with Gasteiger partial charge in [-0.3, -0.25) is 4.79 Å². The third-order valence-corrected chi connectivity index (χ3v) is 4.21. The summed E-state index contributed by atoms with van der Waals surface area (Å²) in [5, 5.41) is 0. The number of carbonyl (C=O) groups is 1. The molecule has 0 amide bonds. The van der Waals surface area contributed by atoms with E-state index in [1.54, 1.807) is 7.11 Å². The highest BCUT2D eigenvalue weighted by atomic mass is 16.5. The zero-order valence-electron chi connectivity index (χ0n) is 12.8. The Morgan fingerprint density at radius 2 is 1.91 bits per heavy atom. The van der Waals surface area contributed by atoms with Crippen LogP contribution in [0.15, 0.2) is 60.2 Å². The number of hydrogen-bond acceptors (Lipinski definition) is 2. The molecular weight excluding hydrogens is 272 g/mol. The van der Waals surface area contributed by atoms with Gasteiger partial charge in [0.25, 0.3) is 0 Å². The molecule has 1 aliphatic rings. The van der Waals surface area contributed by atoms with Gasteiger partial charge in [0.15, 0.2) is 5.78 Å². The maximum atomic E-state index is 12.8. The average Bonchev–Trinajstić information content (AvgIpc) is 2.58. The van der Waals surface area contributed by atoms with E-state index in [2.05, 4.69) is 12.1 Å². The summed E-state index contributed by atoms with van der Waals surface area (Å²) in [6.07, 6.45) is 4.87. The lowest BCUT2D eigenvalue weighted by atomic mass is 9.79. The van der Waals surface area contributed by atoms with Gasteiger partial charge in [-0.25, -0.2) is 0 Å². The van der Waals surface area contributed by atoms with Crippen LogP contribution in [0.4, 0.5) is 0 Å². The van der Waals surface area contributed by atoms with Gasteiger partial charge in [-0.2, -0.15) is 0 Å². The van der Waals surface area contributed by atoms with E-state index in [9.17, 15) is 4.79 Å². The molecule has 0 saturated heterocycles. The fraction of sp³-hybridized carbons (Fsp3) is 0.250. The van der Waals surface area contributed by atoms with Gasteiger partial charge < -0.3 is 4.74 Å². The van der Waals surface area contributed by atoms with E-state index < -0.39 is 0 Å². The molecule has 2 nitrogen and oxygen atoms in total. The van der Waals surface area contributed by atoms with Crippen molar-refractivity contribution in [3.8, 4) is 5.75 Å². The monoisotopic (exact) mass is 292 g/mol. The van der Waals surface area contributed by atoms with Crippen LogP contribution >= 0.6 is 0 Å². The molecule has 0 unspecified atom stereocenters. The quantitative estimate of drug-likeness (QED) is 0.772. The van der Waals surface area contributed by atoms with Gasteiger partial charge >= 0.3 is 0 Å². The van der Waals surface area contributed by atoms with Crippen molar-refractivity contribution >= 4 is 11.9 Å². The van der Waals surface area contributed by atoms with Gasteiger partial charge in [0.05, 0.1) is 7.11 Å². The molecule has 1 fully saturated rings. The van der Waals surface area contributed by atoms with Crippen LogP contribution in [0.3, 0.4) is 0 Å². The molecule has 112 valence electrons. The first-order valence-electron chi connectivity index (χ1n) is 7.72. The zero-order chi connectivity index (χ0) is 15.4. The summed E-state index contributed by atoms with van der Waals surface area (Å²) in [7, 11) is 1.66. The van der Waals surface area contributed by atoms with Crippen LogP contribution < -0.4 is 4.74 Å². The smallest absolute Gasteiger partial charge is 0.166 e. The van der Waals surface area contributed by atoms with E-state index in [-0.39, 0.29) is 11.7 Å². The number of allylic oxidation sites excluding steroid dienone is 1. The zero-order valence-corrected chi connectivity index (χ0v) is 12.8. The minimum atomic E-state index is 0.00630. The number of ketones is 1. The summed E-state index contributed by atoms with van der Waals surface area (Å²) >= 11 is 0. The SMILES string of the molecule is COc1cccc(/C=C2\CCC[C@@H](c3ccccc3)C2=O)c1. The third kappa shape index (κ3) is 3.11. The lowest BCUT2D eigenvalue weighted by Crippen LogP contribution is -2.19. The fourth-order valence-corrected chi connectivity index (χ4v) is 3.05. The Morgan fingerprint density at radius 1 is 1.09 bits per heavy atom. The highest BCUT2D eigenvalue weighted by Gasteiger charge is 2.27. The van der Waals surface area contributed by atoms with E-state index in [0.717, 1.165) is 41.7 Å². The number of hydrogen-bond donors (Lipinski definition) is 0. The highest BCUT2D eigenvalue weighted by molar-refractivity contribution is 6.04. The summed E-state index contributed by atoms with van der Waals surface area (Å²) in [4.78, 5) is 12.8. The predicted molar refractivity (Wildman–Crippen MR) is 89.0 cm³/mol. The Labute approximate surface area is 131 Å². The Bertz CT molecular complexity index is 686. The average molecular weight is 292 g/mol. The predicted octanol–water partition coefficient (Wildman–Crippen LogP) is 4.62. The summed E-state index contributed by atoms with van der Waals surface area (Å²) in [6, 6.07) is 17.9. The van der Waals surface area contributed by atoms with Gasteiger partial charge in [-0.05, 0) is 54.2 Å². The molecule has 0 radical (unpaired) electrons. The molecule has 0 bridgehead atoms. The van der Waals surface area contributed by atoms with Crippen molar-refractivity contribution in [3.63, 3.8) is 0 Å². The van der Waals surface area contributed by atoms with Crippen molar-refractivity contribution in [1.82, 2.24) is 0 Å². The van der Waals surface area contributed by atoms with Gasteiger partial charge in [-0.1, -0.05) is 42.5 Å². The number of ether oxygens (including phenoxy) is 1. The summed E-state index contributed by atoms with van der Waals surface area (Å²) in [5.74, 6) is 1.09. The van der Waals surface area contributed by atoms with Crippen LogP contribution in [0.5, 0.6) is 5.75 Å². The second-order valence-electron chi connectivity index (χ2n) is 5.67. The summed E-state index contributed by atoms with van der Waals surface area (Å²) in [6.45, 7) is 0. The van der Waals surface area contributed by atoms with E-state index in [1.165, 1.54) is 0 Å². The molecule has 3 rings (SSSR count). The van der Waals surface area contributed by atoms with Crippen molar-refractivity contribution in [1.29, 1.82) is 0 Å². The van der Waals surface area contributed by atoms with Crippen molar-refractivity contribution in [2.24, 2.45) is 0 Å². The lowest BCUT2D eigenvalue weighted by Gasteiger charge is -2.23. The van der Waals surface area contributed by atoms with Gasteiger partial charge in [0.2, 0.25) is 0 Å². The van der Waals surface area contributed by atoms with Gasteiger partial charge in [-0.15, -0.1) is 0 Å². The Hall–Kier alpha value is -2.35. The number of Topliss-reactive ketones (excluding diaryl/α,β-unsaturated/α-hetero) is 1. The third-order valence-electron chi connectivity index (χ3n) is 4.21. The van der Waals surface area contributed by atoms with E-state index in [4.69, 9.17) is 4.74 Å². The highest BCUT2D eigenvalue weighted by Crippen LogP contribution is 2.34. The van der Waals surface area contributed by atoms with Crippen LogP contribution in [-0.2, 0) is 4.79 Å². The Morgan fingerprint density at radius 3 is 2.68 bits per heavy atom. The molecule has 1 atom stereocenters. The molecule has 0 spiro atoms. The molecule has 0 heterocycles. The number of rotatable bonds is 3. The lowest BCUT2D eigenvalue weighted by molar-refractivity contribution is -0.117. The molecule has 1 aliphatic carbocycles. The van der Waals surface area contributed by atoms with Gasteiger partial charge in [0, 0.05) is 5.92 Å². The number of benzene rings is 2. The molecule has 0 aromatic heterocycles. The number of methoxy groups -OCH3 is 1. The van der Waals surface area contributed by atoms with Crippen molar-refractivity contribution in [3.05, 3.63) is 71.3 Å². The Kier molecular flexibility index (Phi) is 4.38. The van der Waals surface area contributed by atoms with Crippen LogP contribution in [0.2, 0.25) is 0 Å². The van der Waals surface area contributed by atoms with Crippen LogP contribution in [0.25, 0.3) is 6.08 Å². The van der Waals surface area contributed by atoms with Crippen molar-refractivity contribution in [2.75, 3.05) is 7.11 Å². The maximum Gasteiger partial charge on any atom is 0.166 e. The molecule has 22 heavy (non-hydrogen) atoms. The topological polar surface area (TPSA) is 26.3 Å². The van der Waals surface area contributed by atoms with Crippen LogP contribution in [-0.4, -0.2) is 12.9 Å². The van der Waals surface area contributed by atoms with Crippen LogP contribution in [0.1, 0.15) is 36.3 Å². The summed E-state index contributed by atoms with van der Waals surface area (Å²) in [5.41, 5.74) is 3.08. The normalized spacial score (nSPS) is 20.1. The second kappa shape index (κ2) is 6.61. The van der Waals surface area contributed by atoms with Gasteiger partial charge in [0.1, 0.15) is 5.75 Å². The fourth-order valence-electron chi connectivity index (χ4n) is 3.05. The minimum absolute atomic E-state index is 0.00630. The molecular formula is C20H20O2. The molecule has 2 aromatic carbocycles. The Balaban J connectivity index is 1.87. The summed E-state index contributed by atoms with van der Waals surface area (Å²) < 4.78 is 5.25. The largest absolute Gasteiger partial charge is 0.497 e. The molecule has 1 saturated carbocycles. The van der Waals surface area contributed by atoms with Crippen molar-refractivity contribution < 1.29 is 9.53 Å². The first-order valence-corrected chi connectivity index (χ1v) is 7.72. The number of carbonyl (C=O) groups excluding carboxylic acids is 1. The first-order chi connectivity index (χ1) is 10.8.